The van der Waals surface area contributed by atoms with E-state index in [9.17, 15) is 0 Å². The Hall–Kier alpha value is -0.800. The molecule has 1 saturated carbocycles. The van der Waals surface area contributed by atoms with Crippen LogP contribution in [0.2, 0.25) is 0 Å². The van der Waals surface area contributed by atoms with Crippen LogP contribution >= 0.6 is 0 Å². The number of hydrogen-bond acceptors (Lipinski definition) is 3. The van der Waals surface area contributed by atoms with Crippen molar-refractivity contribution in [3.63, 3.8) is 0 Å². The van der Waals surface area contributed by atoms with Crippen molar-refractivity contribution in [2.45, 2.75) is 59.7 Å². The molecule has 0 saturated heterocycles. The van der Waals surface area contributed by atoms with Gasteiger partial charge in [0.25, 0.3) is 0 Å². The first-order valence-corrected chi connectivity index (χ1v) is 7.96. The molecule has 1 fully saturated rings. The van der Waals surface area contributed by atoms with Gasteiger partial charge in [-0.3, -0.25) is 4.90 Å². The Morgan fingerprint density at radius 2 is 2.05 bits per heavy atom. The summed E-state index contributed by atoms with van der Waals surface area (Å²) in [6.07, 6.45) is 2.79. The zero-order valence-corrected chi connectivity index (χ0v) is 13.7. The van der Waals surface area contributed by atoms with E-state index in [0.717, 1.165) is 37.1 Å². The molecular weight excluding hydrogens is 248 g/mol. The minimum Gasteiger partial charge on any atom is -0.463 e. The van der Waals surface area contributed by atoms with Crippen LogP contribution in [0.3, 0.4) is 0 Å². The number of nitrogens with zero attached hydrogens (tertiary/aromatic N) is 1. The van der Waals surface area contributed by atoms with Crippen LogP contribution in [0, 0.1) is 18.8 Å². The fourth-order valence-electron chi connectivity index (χ4n) is 2.65. The Bertz CT molecular complexity index is 421. The SMILES string of the molecule is Cc1cc(CN(C)C(C)C2CC2)oc1CNCC(C)C. The van der Waals surface area contributed by atoms with Crippen LogP contribution in [0.1, 0.15) is 50.7 Å². The van der Waals surface area contributed by atoms with Gasteiger partial charge in [0.2, 0.25) is 0 Å². The van der Waals surface area contributed by atoms with Crippen molar-refractivity contribution in [2.75, 3.05) is 13.6 Å². The molecule has 1 N–H and O–H groups in total. The van der Waals surface area contributed by atoms with Gasteiger partial charge in [0.15, 0.2) is 0 Å². The van der Waals surface area contributed by atoms with Crippen molar-refractivity contribution in [3.8, 4) is 0 Å². The zero-order valence-electron chi connectivity index (χ0n) is 13.7. The highest BCUT2D eigenvalue weighted by molar-refractivity contribution is 5.20. The molecule has 0 aliphatic heterocycles. The highest BCUT2D eigenvalue weighted by atomic mass is 16.3. The minimum absolute atomic E-state index is 0.669. The molecule has 1 aromatic heterocycles. The topological polar surface area (TPSA) is 28.4 Å². The van der Waals surface area contributed by atoms with Gasteiger partial charge in [0, 0.05) is 6.04 Å². The van der Waals surface area contributed by atoms with Crippen LogP contribution in [-0.4, -0.2) is 24.5 Å². The number of nitrogens with one attached hydrogen (secondary N) is 1. The van der Waals surface area contributed by atoms with E-state index in [-0.39, 0.29) is 0 Å². The molecule has 0 amide bonds. The standard InChI is InChI=1S/C17H30N2O/c1-12(2)9-18-10-17-13(3)8-16(20-17)11-19(5)14(4)15-6-7-15/h8,12,14-15,18H,6-7,9-11H2,1-5H3. The summed E-state index contributed by atoms with van der Waals surface area (Å²) in [5, 5.41) is 3.45. The molecule has 1 aliphatic rings. The first-order chi connectivity index (χ1) is 9.47. The summed E-state index contributed by atoms with van der Waals surface area (Å²) in [6, 6.07) is 2.87. The van der Waals surface area contributed by atoms with Crippen molar-refractivity contribution < 1.29 is 4.42 Å². The smallest absolute Gasteiger partial charge is 0.120 e. The van der Waals surface area contributed by atoms with Gasteiger partial charge >= 0.3 is 0 Å². The third kappa shape index (κ3) is 4.35. The predicted octanol–water partition coefficient (Wildman–Crippen LogP) is 3.56. The average molecular weight is 278 g/mol. The molecule has 1 unspecified atom stereocenters. The monoisotopic (exact) mass is 278 g/mol. The molecule has 3 nitrogen and oxygen atoms in total. The lowest BCUT2D eigenvalue weighted by Crippen LogP contribution is -2.30. The molecule has 1 heterocycles. The second-order valence-corrected chi connectivity index (χ2v) is 6.84. The predicted molar refractivity (Wildman–Crippen MR) is 83.6 cm³/mol. The zero-order chi connectivity index (χ0) is 14.7. The van der Waals surface area contributed by atoms with Gasteiger partial charge in [0.05, 0.1) is 13.1 Å². The van der Waals surface area contributed by atoms with Crippen LogP contribution in [0.4, 0.5) is 0 Å². The van der Waals surface area contributed by atoms with Gasteiger partial charge in [-0.1, -0.05) is 13.8 Å². The molecule has 20 heavy (non-hydrogen) atoms. The molecule has 1 atom stereocenters. The van der Waals surface area contributed by atoms with E-state index in [1.807, 2.05) is 0 Å². The maximum absolute atomic E-state index is 6.01. The molecule has 0 spiro atoms. The molecule has 1 aromatic rings. The maximum Gasteiger partial charge on any atom is 0.120 e. The van der Waals surface area contributed by atoms with Crippen molar-refractivity contribution in [1.29, 1.82) is 0 Å². The van der Waals surface area contributed by atoms with Gasteiger partial charge in [-0.25, -0.2) is 0 Å². The van der Waals surface area contributed by atoms with E-state index < -0.39 is 0 Å². The van der Waals surface area contributed by atoms with Crippen LogP contribution in [0.25, 0.3) is 0 Å². The van der Waals surface area contributed by atoms with Crippen LogP contribution in [-0.2, 0) is 13.1 Å². The van der Waals surface area contributed by atoms with Crippen molar-refractivity contribution in [3.05, 3.63) is 23.2 Å². The van der Waals surface area contributed by atoms with Gasteiger partial charge in [-0.15, -0.1) is 0 Å². The van der Waals surface area contributed by atoms with Gasteiger partial charge in [0.1, 0.15) is 11.5 Å². The molecule has 114 valence electrons. The summed E-state index contributed by atoms with van der Waals surface area (Å²) in [7, 11) is 2.21. The quantitative estimate of drug-likeness (QED) is 0.788. The normalized spacial score (nSPS) is 17.1. The van der Waals surface area contributed by atoms with E-state index in [2.05, 4.69) is 51.0 Å². The largest absolute Gasteiger partial charge is 0.463 e. The number of hydrogen-bond donors (Lipinski definition) is 1. The maximum atomic E-state index is 6.01. The lowest BCUT2D eigenvalue weighted by molar-refractivity contribution is 0.208. The van der Waals surface area contributed by atoms with Crippen LogP contribution in [0.5, 0.6) is 0 Å². The fraction of sp³-hybridized carbons (Fsp3) is 0.765. The van der Waals surface area contributed by atoms with Crippen LogP contribution < -0.4 is 5.32 Å². The lowest BCUT2D eigenvalue weighted by atomic mass is 10.2. The first-order valence-electron chi connectivity index (χ1n) is 7.96. The summed E-state index contributed by atoms with van der Waals surface area (Å²) < 4.78 is 6.01. The van der Waals surface area contributed by atoms with Crippen LogP contribution in [0.15, 0.2) is 10.5 Å². The second-order valence-electron chi connectivity index (χ2n) is 6.84. The third-order valence-corrected chi connectivity index (χ3v) is 4.31. The number of rotatable bonds is 8. The molecule has 0 radical (unpaired) electrons. The van der Waals surface area contributed by atoms with E-state index in [0.29, 0.717) is 12.0 Å². The highest BCUT2D eigenvalue weighted by Gasteiger charge is 2.30. The Kier molecular flexibility index (Phi) is 5.28. The summed E-state index contributed by atoms with van der Waals surface area (Å²) in [6.45, 7) is 11.7. The minimum atomic E-state index is 0.669. The Balaban J connectivity index is 1.86. The van der Waals surface area contributed by atoms with Crippen molar-refractivity contribution >= 4 is 0 Å². The average Bonchev–Trinajstić information content (AvgIpc) is 3.15. The van der Waals surface area contributed by atoms with Crippen molar-refractivity contribution in [1.82, 2.24) is 10.2 Å². The third-order valence-electron chi connectivity index (χ3n) is 4.31. The fourth-order valence-corrected chi connectivity index (χ4v) is 2.65. The van der Waals surface area contributed by atoms with E-state index >= 15 is 0 Å². The molecule has 0 bridgehead atoms. The summed E-state index contributed by atoms with van der Waals surface area (Å²) in [4.78, 5) is 2.42. The van der Waals surface area contributed by atoms with E-state index in [1.54, 1.807) is 0 Å². The summed E-state index contributed by atoms with van der Waals surface area (Å²) in [5.41, 5.74) is 1.27. The Labute approximate surface area is 123 Å². The van der Waals surface area contributed by atoms with Crippen molar-refractivity contribution in [2.24, 2.45) is 11.8 Å². The molecule has 0 aromatic carbocycles. The number of furan rings is 1. The van der Waals surface area contributed by atoms with Gasteiger partial charge in [-0.2, -0.15) is 0 Å². The Morgan fingerprint density at radius 1 is 1.35 bits per heavy atom. The summed E-state index contributed by atoms with van der Waals surface area (Å²) >= 11 is 0. The van der Waals surface area contributed by atoms with E-state index in [4.69, 9.17) is 4.42 Å². The van der Waals surface area contributed by atoms with Gasteiger partial charge in [-0.05, 0) is 63.7 Å². The molecule has 1 aliphatic carbocycles. The van der Waals surface area contributed by atoms with Gasteiger partial charge < -0.3 is 9.73 Å². The lowest BCUT2D eigenvalue weighted by Gasteiger charge is -2.23. The van der Waals surface area contributed by atoms with E-state index in [1.165, 1.54) is 18.4 Å². The Morgan fingerprint density at radius 3 is 2.65 bits per heavy atom. The highest BCUT2D eigenvalue weighted by Crippen LogP contribution is 2.35. The number of aryl methyl sites for hydroxylation is 1. The molecule has 2 rings (SSSR count). The first kappa shape index (κ1) is 15.6. The summed E-state index contributed by atoms with van der Waals surface area (Å²) in [5.74, 6) is 3.77. The molecular formula is C17H30N2O. The molecule has 3 heteroatoms. The second kappa shape index (κ2) is 6.77.